The van der Waals surface area contributed by atoms with Crippen LogP contribution in [0.15, 0.2) is 59.8 Å². The molecule has 0 unspecified atom stereocenters. The third-order valence-corrected chi connectivity index (χ3v) is 4.38. The Morgan fingerprint density at radius 1 is 1.00 bits per heavy atom. The summed E-state index contributed by atoms with van der Waals surface area (Å²) in [5.74, 6) is 0. The second-order valence-corrected chi connectivity index (χ2v) is 6.47. The predicted octanol–water partition coefficient (Wildman–Crippen LogP) is 3.55. The first kappa shape index (κ1) is 16.8. The van der Waals surface area contributed by atoms with Gasteiger partial charge in [-0.3, -0.25) is 9.78 Å². The molecule has 3 heterocycles. The minimum Gasteiger partial charge on any atom is -0.378 e. The molecule has 0 aliphatic rings. The summed E-state index contributed by atoms with van der Waals surface area (Å²) in [7, 11) is 4.04. The number of anilines is 1. The summed E-state index contributed by atoms with van der Waals surface area (Å²) in [5.41, 5.74) is 5.31. The Labute approximate surface area is 156 Å². The van der Waals surface area contributed by atoms with Crippen LogP contribution in [-0.4, -0.2) is 34.0 Å². The van der Waals surface area contributed by atoms with Gasteiger partial charge in [0.25, 0.3) is 5.56 Å². The number of hydrogen-bond acceptors (Lipinski definition) is 4. The summed E-state index contributed by atoms with van der Waals surface area (Å²) in [6.45, 7) is 0. The van der Waals surface area contributed by atoms with Gasteiger partial charge in [0, 0.05) is 37.2 Å². The lowest BCUT2D eigenvalue weighted by Crippen LogP contribution is -2.07. The van der Waals surface area contributed by atoms with Gasteiger partial charge in [-0.15, -0.1) is 0 Å². The monoisotopic (exact) mass is 357 g/mol. The maximum Gasteiger partial charge on any atom is 0.260 e. The van der Waals surface area contributed by atoms with E-state index >= 15 is 0 Å². The lowest BCUT2D eigenvalue weighted by Gasteiger charge is -2.11. The van der Waals surface area contributed by atoms with Gasteiger partial charge in [0.15, 0.2) is 0 Å². The van der Waals surface area contributed by atoms with Crippen molar-refractivity contribution in [3.05, 3.63) is 76.6 Å². The van der Waals surface area contributed by atoms with E-state index in [4.69, 9.17) is 0 Å². The number of aromatic nitrogens is 4. The second kappa shape index (κ2) is 6.92. The number of aromatic amines is 2. The Morgan fingerprint density at radius 2 is 1.81 bits per heavy atom. The van der Waals surface area contributed by atoms with E-state index in [-0.39, 0.29) is 5.56 Å². The first-order valence-corrected chi connectivity index (χ1v) is 8.58. The predicted molar refractivity (Wildman–Crippen MR) is 110 cm³/mol. The molecule has 2 N–H and O–H groups in total. The van der Waals surface area contributed by atoms with Gasteiger partial charge in [-0.05, 0) is 42.0 Å². The smallest absolute Gasteiger partial charge is 0.260 e. The van der Waals surface area contributed by atoms with Crippen LogP contribution in [0.3, 0.4) is 0 Å². The Bertz CT molecular complexity index is 1170. The van der Waals surface area contributed by atoms with Gasteiger partial charge in [0.05, 0.1) is 17.4 Å². The SMILES string of the molecule is CN(C)c1ccc(C=Cc2cc(-c3cc4c(=O)[nH]cnc4[nH]3)ccn2)cc1. The number of H-pyrrole nitrogens is 2. The number of fused-ring (bicyclic) bond motifs is 1. The molecule has 0 saturated heterocycles. The molecule has 6 nitrogen and oxygen atoms in total. The summed E-state index contributed by atoms with van der Waals surface area (Å²) < 4.78 is 0. The summed E-state index contributed by atoms with van der Waals surface area (Å²) in [4.78, 5) is 28.3. The molecule has 0 spiro atoms. The molecule has 4 aromatic rings. The van der Waals surface area contributed by atoms with Crippen LogP contribution < -0.4 is 10.5 Å². The molecule has 0 radical (unpaired) electrons. The van der Waals surface area contributed by atoms with Gasteiger partial charge in [0.2, 0.25) is 0 Å². The Hall–Kier alpha value is -3.67. The standard InChI is InChI=1S/C21H19N5O/c1-26(2)17-7-4-14(5-8-17)3-6-16-11-15(9-10-22-16)19-12-18-20(25-19)23-13-24-21(18)27/h3-13H,1-2H3,(H2,23,24,25,27). The third kappa shape index (κ3) is 3.50. The van der Waals surface area contributed by atoms with Gasteiger partial charge < -0.3 is 14.9 Å². The molecule has 1 aromatic carbocycles. The van der Waals surface area contributed by atoms with Crippen molar-refractivity contribution in [3.8, 4) is 11.3 Å². The molecule has 0 aliphatic heterocycles. The van der Waals surface area contributed by atoms with Crippen molar-refractivity contribution in [1.82, 2.24) is 19.9 Å². The Balaban J connectivity index is 1.61. The van der Waals surface area contributed by atoms with Crippen molar-refractivity contribution >= 4 is 28.9 Å². The fourth-order valence-electron chi connectivity index (χ4n) is 2.88. The number of hydrogen-bond donors (Lipinski definition) is 2. The van der Waals surface area contributed by atoms with Crippen LogP contribution in [-0.2, 0) is 0 Å². The fourth-order valence-corrected chi connectivity index (χ4v) is 2.88. The van der Waals surface area contributed by atoms with E-state index < -0.39 is 0 Å². The van der Waals surface area contributed by atoms with E-state index in [1.54, 1.807) is 6.20 Å². The number of pyridine rings is 1. The molecule has 0 amide bonds. The average molecular weight is 357 g/mol. The Kier molecular flexibility index (Phi) is 4.30. The highest BCUT2D eigenvalue weighted by Gasteiger charge is 2.07. The summed E-state index contributed by atoms with van der Waals surface area (Å²) in [5, 5.41) is 0.544. The van der Waals surface area contributed by atoms with E-state index in [1.165, 1.54) is 6.33 Å². The lowest BCUT2D eigenvalue weighted by molar-refractivity contribution is 1.13. The molecule has 4 rings (SSSR count). The van der Waals surface area contributed by atoms with E-state index in [2.05, 4.69) is 49.1 Å². The number of rotatable bonds is 4. The minimum absolute atomic E-state index is 0.155. The molecule has 134 valence electrons. The van der Waals surface area contributed by atoms with Crippen molar-refractivity contribution in [2.24, 2.45) is 0 Å². The number of nitrogens with zero attached hydrogens (tertiary/aromatic N) is 3. The fraction of sp³-hybridized carbons (Fsp3) is 0.0952. The van der Waals surface area contributed by atoms with Crippen molar-refractivity contribution < 1.29 is 0 Å². The first-order chi connectivity index (χ1) is 13.1. The summed E-state index contributed by atoms with van der Waals surface area (Å²) >= 11 is 0. The van der Waals surface area contributed by atoms with Crippen LogP contribution in [0.4, 0.5) is 5.69 Å². The molecule has 27 heavy (non-hydrogen) atoms. The average Bonchev–Trinajstić information content (AvgIpc) is 3.13. The molecular weight excluding hydrogens is 338 g/mol. The van der Waals surface area contributed by atoms with Crippen LogP contribution in [0.2, 0.25) is 0 Å². The van der Waals surface area contributed by atoms with E-state index in [1.807, 2.05) is 44.4 Å². The molecule has 0 aliphatic carbocycles. The lowest BCUT2D eigenvalue weighted by atomic mass is 10.1. The molecule has 0 bridgehead atoms. The molecule has 3 aromatic heterocycles. The summed E-state index contributed by atoms with van der Waals surface area (Å²) in [6, 6.07) is 14.0. The minimum atomic E-state index is -0.155. The largest absolute Gasteiger partial charge is 0.378 e. The Morgan fingerprint density at radius 3 is 2.56 bits per heavy atom. The quantitative estimate of drug-likeness (QED) is 0.585. The topological polar surface area (TPSA) is 77.7 Å². The molecule has 0 saturated carbocycles. The van der Waals surface area contributed by atoms with Crippen LogP contribution in [0.5, 0.6) is 0 Å². The van der Waals surface area contributed by atoms with Gasteiger partial charge in [-0.25, -0.2) is 4.98 Å². The first-order valence-electron chi connectivity index (χ1n) is 8.58. The van der Waals surface area contributed by atoms with Crippen molar-refractivity contribution in [2.75, 3.05) is 19.0 Å². The van der Waals surface area contributed by atoms with Crippen LogP contribution in [0.25, 0.3) is 34.4 Å². The highest BCUT2D eigenvalue weighted by Crippen LogP contribution is 2.22. The second-order valence-electron chi connectivity index (χ2n) is 6.47. The third-order valence-electron chi connectivity index (χ3n) is 4.38. The van der Waals surface area contributed by atoms with Crippen molar-refractivity contribution in [1.29, 1.82) is 0 Å². The van der Waals surface area contributed by atoms with E-state index in [9.17, 15) is 4.79 Å². The normalized spacial score (nSPS) is 11.3. The zero-order chi connectivity index (χ0) is 18.8. The van der Waals surface area contributed by atoms with Crippen LogP contribution in [0, 0.1) is 0 Å². The van der Waals surface area contributed by atoms with Crippen LogP contribution in [0.1, 0.15) is 11.3 Å². The van der Waals surface area contributed by atoms with E-state index in [0.717, 1.165) is 28.2 Å². The number of benzene rings is 1. The van der Waals surface area contributed by atoms with Gasteiger partial charge in [-0.2, -0.15) is 0 Å². The maximum atomic E-state index is 11.9. The zero-order valence-corrected chi connectivity index (χ0v) is 15.1. The van der Waals surface area contributed by atoms with Gasteiger partial charge in [0.1, 0.15) is 5.65 Å². The molecule has 0 atom stereocenters. The molecule has 6 heteroatoms. The summed E-state index contributed by atoms with van der Waals surface area (Å²) in [6.07, 6.45) is 7.16. The zero-order valence-electron chi connectivity index (χ0n) is 15.1. The van der Waals surface area contributed by atoms with Gasteiger partial charge in [-0.1, -0.05) is 18.2 Å². The number of nitrogens with one attached hydrogen (secondary N) is 2. The highest BCUT2D eigenvalue weighted by atomic mass is 16.1. The van der Waals surface area contributed by atoms with Crippen molar-refractivity contribution in [2.45, 2.75) is 0 Å². The molecule has 0 fully saturated rings. The van der Waals surface area contributed by atoms with Gasteiger partial charge >= 0.3 is 0 Å². The van der Waals surface area contributed by atoms with Crippen molar-refractivity contribution in [3.63, 3.8) is 0 Å². The molecular formula is C21H19N5O. The highest BCUT2D eigenvalue weighted by molar-refractivity contribution is 5.82. The van der Waals surface area contributed by atoms with Crippen LogP contribution >= 0.6 is 0 Å². The van der Waals surface area contributed by atoms with E-state index in [0.29, 0.717) is 11.0 Å². The maximum absolute atomic E-state index is 11.9.